The predicted molar refractivity (Wildman–Crippen MR) is 90.3 cm³/mol. The van der Waals surface area contributed by atoms with Crippen LogP contribution in [0.1, 0.15) is 15.9 Å². The molecule has 1 saturated heterocycles. The fraction of sp³-hybridized carbons (Fsp3) is 0.357. The molecule has 1 aliphatic heterocycles. The molecular weight excluding hydrogens is 463 g/mol. The topological polar surface area (TPSA) is 186 Å². The van der Waals surface area contributed by atoms with E-state index in [4.69, 9.17) is 4.74 Å². The van der Waals surface area contributed by atoms with Gasteiger partial charge in [-0.3, -0.25) is 9.36 Å². The van der Waals surface area contributed by atoms with E-state index < -0.39 is 50.6 Å². The van der Waals surface area contributed by atoms with Crippen molar-refractivity contribution in [2.75, 3.05) is 11.9 Å². The van der Waals surface area contributed by atoms with E-state index in [0.717, 1.165) is 4.57 Å². The number of hydrogen-bond acceptors (Lipinski definition) is 11. The molecule has 3 heterocycles. The number of rotatable bonds is 6. The maximum Gasteiger partial charge on any atom is 1.00 e. The minimum atomic E-state index is -5.30. The summed E-state index contributed by atoms with van der Waals surface area (Å²) in [5.41, 5.74) is -0.903. The van der Waals surface area contributed by atoms with Crippen molar-refractivity contribution in [3.05, 3.63) is 45.1 Å². The average Bonchev–Trinajstić information content (AvgIpc) is 3.24. The Labute approximate surface area is 218 Å². The van der Waals surface area contributed by atoms with Gasteiger partial charge in [-0.25, -0.2) is 4.79 Å². The maximum absolute atomic E-state index is 12.2. The number of ether oxygens (including phenoxy) is 1. The average molecular weight is 477 g/mol. The van der Waals surface area contributed by atoms with Gasteiger partial charge in [-0.05, 0) is 17.5 Å². The second-order valence-electron chi connectivity index (χ2n) is 5.72. The van der Waals surface area contributed by atoms with Gasteiger partial charge in [0.05, 0.1) is 19.3 Å². The summed E-state index contributed by atoms with van der Waals surface area (Å²) in [6.45, 7) is -0.823. The molecule has 0 saturated carbocycles. The van der Waals surface area contributed by atoms with Crippen molar-refractivity contribution >= 4 is 30.9 Å². The second kappa shape index (κ2) is 11.8. The minimum absolute atomic E-state index is 0. The van der Waals surface area contributed by atoms with Crippen LogP contribution in [0.5, 0.6) is 0 Å². The van der Waals surface area contributed by atoms with Gasteiger partial charge in [0.15, 0.2) is 6.23 Å². The van der Waals surface area contributed by atoms with Crippen molar-refractivity contribution in [2.45, 2.75) is 24.5 Å². The van der Waals surface area contributed by atoms with Gasteiger partial charge in [-0.2, -0.15) is 4.98 Å². The molecule has 0 radical (unpaired) electrons. The molecule has 0 bridgehead atoms. The smallest absolute Gasteiger partial charge is 0.790 e. The number of phosphoric acid groups is 1. The maximum atomic E-state index is 12.2. The first kappa shape index (κ1) is 28.1. The standard InChI is InChI=1S/C14H16N3O9PS.2Na/c18-10-7(6-25-27(22,23)24)26-13(11(10)19)17-4-3-9(16-14(17)21)15-12(20)8-2-1-5-28-8;;/h1-5,7,10-11,13,18-19H,6H2,(H2,22,23,24)(H,15,16,20,21);;/q;2*+1/p-2/t7-,10-,11-,13-;;/m1../s1. The normalized spacial score (nSPS) is 23.3. The number of nitrogens with one attached hydrogen (secondary N) is 1. The third-order valence-corrected chi connectivity index (χ3v) is 5.16. The van der Waals surface area contributed by atoms with Gasteiger partial charge in [-0.15, -0.1) is 11.3 Å². The molecule has 152 valence electrons. The summed E-state index contributed by atoms with van der Waals surface area (Å²) in [5, 5.41) is 24.1. The number of carbonyl (C=O) groups excluding carboxylic acids is 1. The van der Waals surface area contributed by atoms with Gasteiger partial charge in [0.25, 0.3) is 5.91 Å². The first-order chi connectivity index (χ1) is 13.2. The number of nitrogens with zero attached hydrogens (tertiary/aromatic N) is 2. The van der Waals surface area contributed by atoms with Gasteiger partial charge in [0, 0.05) is 6.20 Å². The van der Waals surface area contributed by atoms with Gasteiger partial charge < -0.3 is 39.1 Å². The number of carbonyl (C=O) groups is 1. The van der Waals surface area contributed by atoms with Crippen LogP contribution < -0.4 is 79.9 Å². The quantitative estimate of drug-likeness (QED) is 0.267. The Bertz CT molecular complexity index is 954. The molecule has 1 amide bonds. The summed E-state index contributed by atoms with van der Waals surface area (Å²) < 4.78 is 20.7. The van der Waals surface area contributed by atoms with E-state index in [1.807, 2.05) is 0 Å². The Kier molecular flexibility index (Phi) is 11.0. The van der Waals surface area contributed by atoms with Gasteiger partial charge in [0.2, 0.25) is 0 Å². The Balaban J connectivity index is 0.00000225. The molecule has 3 rings (SSSR count). The molecule has 12 nitrogen and oxygen atoms in total. The molecule has 0 aromatic carbocycles. The van der Waals surface area contributed by atoms with Crippen LogP contribution in [-0.2, 0) is 13.8 Å². The molecule has 4 atom stereocenters. The van der Waals surface area contributed by atoms with Crippen molar-refractivity contribution in [3.8, 4) is 0 Å². The zero-order valence-corrected chi connectivity index (χ0v) is 21.6. The predicted octanol–water partition coefficient (Wildman–Crippen LogP) is -7.97. The third kappa shape index (κ3) is 7.02. The van der Waals surface area contributed by atoms with Gasteiger partial charge >= 0.3 is 64.8 Å². The number of aromatic nitrogens is 2. The van der Waals surface area contributed by atoms with E-state index in [1.54, 1.807) is 17.5 Å². The molecule has 0 unspecified atom stereocenters. The fourth-order valence-electron chi connectivity index (χ4n) is 2.52. The van der Waals surface area contributed by atoms with Crippen LogP contribution in [0.2, 0.25) is 0 Å². The molecular formula is C14H14N3Na2O9PS. The van der Waals surface area contributed by atoms with E-state index in [-0.39, 0.29) is 64.9 Å². The third-order valence-electron chi connectivity index (χ3n) is 3.82. The van der Waals surface area contributed by atoms with Gasteiger partial charge in [0.1, 0.15) is 24.1 Å². The fourth-order valence-corrected chi connectivity index (χ4v) is 3.47. The Morgan fingerprint density at radius 1 is 1.33 bits per heavy atom. The van der Waals surface area contributed by atoms with E-state index in [2.05, 4.69) is 14.8 Å². The van der Waals surface area contributed by atoms with Gasteiger partial charge in [-0.1, -0.05) is 6.07 Å². The molecule has 1 fully saturated rings. The number of aliphatic hydroxyl groups is 2. The zero-order chi connectivity index (χ0) is 20.5. The molecule has 2 aromatic heterocycles. The van der Waals surface area contributed by atoms with E-state index >= 15 is 0 Å². The first-order valence-corrected chi connectivity index (χ1v) is 10.1. The second-order valence-corrected chi connectivity index (χ2v) is 7.82. The van der Waals surface area contributed by atoms with Crippen LogP contribution in [0.25, 0.3) is 0 Å². The van der Waals surface area contributed by atoms with Crippen molar-refractivity contribution in [3.63, 3.8) is 0 Å². The van der Waals surface area contributed by atoms with Crippen LogP contribution in [0.3, 0.4) is 0 Å². The van der Waals surface area contributed by atoms with E-state index in [1.165, 1.54) is 23.6 Å². The number of hydrogen-bond donors (Lipinski definition) is 3. The number of thiophene rings is 1. The van der Waals surface area contributed by atoms with E-state index in [0.29, 0.717) is 4.88 Å². The molecule has 30 heavy (non-hydrogen) atoms. The Morgan fingerprint density at radius 3 is 2.60 bits per heavy atom. The monoisotopic (exact) mass is 477 g/mol. The van der Waals surface area contributed by atoms with Crippen molar-refractivity contribution < 1.29 is 97.7 Å². The van der Waals surface area contributed by atoms with Crippen LogP contribution in [0, 0.1) is 0 Å². The summed E-state index contributed by atoms with van der Waals surface area (Å²) in [6.07, 6.45) is -4.81. The summed E-state index contributed by atoms with van der Waals surface area (Å²) in [5.74, 6) is -0.490. The van der Waals surface area contributed by atoms with Crippen molar-refractivity contribution in [2.24, 2.45) is 0 Å². The summed E-state index contributed by atoms with van der Waals surface area (Å²) >= 11 is 1.20. The Morgan fingerprint density at radius 2 is 2.03 bits per heavy atom. The molecule has 0 spiro atoms. The molecule has 2 aromatic rings. The molecule has 0 aliphatic carbocycles. The number of phosphoric ester groups is 1. The van der Waals surface area contributed by atoms with Crippen LogP contribution in [0.4, 0.5) is 5.82 Å². The van der Waals surface area contributed by atoms with Crippen LogP contribution >= 0.6 is 19.2 Å². The molecule has 3 N–H and O–H groups in total. The summed E-state index contributed by atoms with van der Waals surface area (Å²) in [6, 6.07) is 4.56. The summed E-state index contributed by atoms with van der Waals surface area (Å²) in [4.78, 5) is 49.4. The number of amides is 1. The zero-order valence-electron chi connectivity index (χ0n) is 15.9. The minimum Gasteiger partial charge on any atom is -0.790 e. The van der Waals surface area contributed by atoms with Crippen molar-refractivity contribution in [1.82, 2.24) is 9.55 Å². The number of aliphatic hydroxyl groups excluding tert-OH is 2. The largest absolute Gasteiger partial charge is 1.00 e. The van der Waals surface area contributed by atoms with Crippen molar-refractivity contribution in [1.29, 1.82) is 0 Å². The van der Waals surface area contributed by atoms with E-state index in [9.17, 15) is 34.2 Å². The number of anilines is 1. The molecule has 16 heteroatoms. The SMILES string of the molecule is O=C(Nc1ccn([C@@H]2O[C@H](COP(=O)([O-])[O-])[C@@H](O)[C@H]2O)c(=O)n1)c1cccs1.[Na+].[Na+]. The van der Waals surface area contributed by atoms with Crippen LogP contribution in [-0.4, -0.2) is 50.6 Å². The first-order valence-electron chi connectivity index (χ1n) is 7.78. The summed E-state index contributed by atoms with van der Waals surface area (Å²) in [7, 11) is -5.30. The Hall–Kier alpha value is 0.0400. The molecule has 1 aliphatic rings. The van der Waals surface area contributed by atoms with Crippen LogP contribution in [0.15, 0.2) is 34.6 Å².